The molecule has 0 radical (unpaired) electrons. The van der Waals surface area contributed by atoms with Gasteiger partial charge in [-0.15, -0.1) is 0 Å². The van der Waals surface area contributed by atoms with Crippen LogP contribution in [0.25, 0.3) is 0 Å². The number of aryl methyl sites for hydroxylation is 1. The Morgan fingerprint density at radius 2 is 2.12 bits per heavy atom. The number of hydrogen-bond donors (Lipinski definition) is 3. The Labute approximate surface area is 101 Å². The van der Waals surface area contributed by atoms with Gasteiger partial charge < -0.3 is 16.8 Å². The Morgan fingerprint density at radius 3 is 2.65 bits per heavy atom. The van der Waals surface area contributed by atoms with Gasteiger partial charge in [0, 0.05) is 24.4 Å². The molecule has 5 N–H and O–H groups in total. The summed E-state index contributed by atoms with van der Waals surface area (Å²) in [4.78, 5) is 19.3. The van der Waals surface area contributed by atoms with Crippen molar-refractivity contribution in [2.75, 3.05) is 11.1 Å². The molecule has 1 rings (SSSR count). The van der Waals surface area contributed by atoms with Crippen molar-refractivity contribution in [1.82, 2.24) is 9.97 Å². The molecule has 0 saturated carbocycles. The number of nitrogen functional groups attached to an aromatic ring is 1. The van der Waals surface area contributed by atoms with Gasteiger partial charge in [-0.1, -0.05) is 6.92 Å². The van der Waals surface area contributed by atoms with Crippen LogP contribution in [-0.4, -0.2) is 21.9 Å². The van der Waals surface area contributed by atoms with E-state index in [1.54, 1.807) is 0 Å². The van der Waals surface area contributed by atoms with Gasteiger partial charge in [0.25, 0.3) is 0 Å². The number of primary amides is 1. The highest BCUT2D eigenvalue weighted by Gasteiger charge is 2.11. The van der Waals surface area contributed by atoms with Crippen LogP contribution >= 0.6 is 0 Å². The number of carbonyl (C=O) groups excluding carboxylic acids is 1. The lowest BCUT2D eigenvalue weighted by atomic mass is 10.2. The first-order valence-electron chi connectivity index (χ1n) is 5.61. The van der Waals surface area contributed by atoms with Crippen molar-refractivity contribution in [3.63, 3.8) is 0 Å². The first-order chi connectivity index (χ1) is 7.93. The third-order valence-electron chi connectivity index (χ3n) is 2.44. The Hall–Kier alpha value is -1.85. The topological polar surface area (TPSA) is 107 Å². The molecule has 0 aliphatic heterocycles. The minimum absolute atomic E-state index is 0.0785. The summed E-state index contributed by atoms with van der Waals surface area (Å²) >= 11 is 0. The van der Waals surface area contributed by atoms with Crippen LogP contribution in [0, 0.1) is 6.92 Å². The Kier molecular flexibility index (Phi) is 4.25. The van der Waals surface area contributed by atoms with Gasteiger partial charge in [-0.25, -0.2) is 9.97 Å². The van der Waals surface area contributed by atoms with Gasteiger partial charge in [-0.2, -0.15) is 0 Å². The molecule has 1 heterocycles. The average Bonchev–Trinajstić information content (AvgIpc) is 2.23. The molecule has 0 fully saturated rings. The first-order valence-corrected chi connectivity index (χ1v) is 5.61. The molecule has 1 atom stereocenters. The second-order valence-corrected chi connectivity index (χ2v) is 4.07. The zero-order valence-corrected chi connectivity index (χ0v) is 10.4. The molecule has 6 nitrogen and oxygen atoms in total. The van der Waals surface area contributed by atoms with E-state index < -0.39 is 0 Å². The number of aromatic nitrogens is 2. The second-order valence-electron chi connectivity index (χ2n) is 4.07. The maximum atomic E-state index is 10.8. The molecule has 0 bridgehead atoms. The van der Waals surface area contributed by atoms with Crippen LogP contribution in [-0.2, 0) is 11.2 Å². The molecule has 6 heteroatoms. The van der Waals surface area contributed by atoms with E-state index in [1.165, 1.54) is 0 Å². The van der Waals surface area contributed by atoms with Crippen molar-refractivity contribution >= 4 is 17.5 Å². The third kappa shape index (κ3) is 3.58. The van der Waals surface area contributed by atoms with Gasteiger partial charge in [-0.05, 0) is 13.8 Å². The highest BCUT2D eigenvalue weighted by atomic mass is 16.1. The van der Waals surface area contributed by atoms with Gasteiger partial charge in [0.05, 0.1) is 0 Å². The molecule has 1 amide bonds. The molecule has 0 aliphatic rings. The van der Waals surface area contributed by atoms with E-state index in [1.807, 2.05) is 20.8 Å². The number of nitrogens with two attached hydrogens (primary N) is 2. The standard InChI is InChI=1S/C11H19N5O/c1-4-9-15-10(13)7(3)11(16-9)14-6(2)5-8(12)17/h6H,4-5H2,1-3H3,(H2,12,17)(H3,13,14,15,16). The summed E-state index contributed by atoms with van der Waals surface area (Å²) in [5.41, 5.74) is 11.7. The molecule has 1 aromatic rings. The number of carbonyl (C=O) groups is 1. The lowest BCUT2D eigenvalue weighted by Crippen LogP contribution is -2.25. The fourth-order valence-electron chi connectivity index (χ4n) is 1.47. The zero-order chi connectivity index (χ0) is 13.0. The summed E-state index contributed by atoms with van der Waals surface area (Å²) in [5, 5.41) is 3.13. The molecular formula is C11H19N5O. The van der Waals surface area contributed by atoms with Crippen LogP contribution in [0.3, 0.4) is 0 Å². The van der Waals surface area contributed by atoms with E-state index in [9.17, 15) is 4.79 Å². The number of amides is 1. The van der Waals surface area contributed by atoms with E-state index in [0.29, 0.717) is 23.9 Å². The maximum Gasteiger partial charge on any atom is 0.219 e. The van der Waals surface area contributed by atoms with E-state index in [4.69, 9.17) is 11.5 Å². The summed E-state index contributed by atoms with van der Waals surface area (Å²) in [7, 11) is 0. The summed E-state index contributed by atoms with van der Waals surface area (Å²) in [5.74, 6) is 1.47. The summed E-state index contributed by atoms with van der Waals surface area (Å²) in [6, 6.07) is -0.0785. The fraction of sp³-hybridized carbons (Fsp3) is 0.545. The molecule has 0 spiro atoms. The van der Waals surface area contributed by atoms with Gasteiger partial charge in [0.15, 0.2) is 0 Å². The number of nitrogens with one attached hydrogen (secondary N) is 1. The molecule has 1 unspecified atom stereocenters. The molecule has 0 saturated heterocycles. The Morgan fingerprint density at radius 1 is 1.47 bits per heavy atom. The van der Waals surface area contributed by atoms with Crippen LogP contribution < -0.4 is 16.8 Å². The first kappa shape index (κ1) is 13.2. The second kappa shape index (κ2) is 5.47. The van der Waals surface area contributed by atoms with E-state index in [2.05, 4.69) is 15.3 Å². The van der Waals surface area contributed by atoms with Crippen molar-refractivity contribution in [3.8, 4) is 0 Å². The van der Waals surface area contributed by atoms with Crippen LogP contribution in [0.15, 0.2) is 0 Å². The van der Waals surface area contributed by atoms with Gasteiger partial charge in [0.2, 0.25) is 5.91 Å². The van der Waals surface area contributed by atoms with Crippen LogP contribution in [0.1, 0.15) is 31.7 Å². The molecule has 0 aliphatic carbocycles. The number of nitrogens with zero attached hydrogens (tertiary/aromatic N) is 2. The highest BCUT2D eigenvalue weighted by molar-refractivity contribution is 5.75. The van der Waals surface area contributed by atoms with E-state index in [-0.39, 0.29) is 18.4 Å². The molecule has 17 heavy (non-hydrogen) atoms. The lowest BCUT2D eigenvalue weighted by molar-refractivity contribution is -0.118. The molecule has 1 aromatic heterocycles. The predicted octanol–water partition coefficient (Wildman–Crippen LogP) is 0.605. The summed E-state index contributed by atoms with van der Waals surface area (Å²) in [6.45, 7) is 5.67. The van der Waals surface area contributed by atoms with Crippen molar-refractivity contribution in [1.29, 1.82) is 0 Å². The lowest BCUT2D eigenvalue weighted by Gasteiger charge is -2.16. The smallest absolute Gasteiger partial charge is 0.219 e. The normalized spacial score (nSPS) is 12.2. The fourth-order valence-corrected chi connectivity index (χ4v) is 1.47. The van der Waals surface area contributed by atoms with Crippen molar-refractivity contribution in [3.05, 3.63) is 11.4 Å². The molecular weight excluding hydrogens is 218 g/mol. The third-order valence-corrected chi connectivity index (χ3v) is 2.44. The number of rotatable bonds is 5. The van der Waals surface area contributed by atoms with E-state index in [0.717, 1.165) is 5.56 Å². The zero-order valence-electron chi connectivity index (χ0n) is 10.4. The SMILES string of the molecule is CCc1nc(N)c(C)c(NC(C)CC(N)=O)n1. The van der Waals surface area contributed by atoms with Gasteiger partial charge in [0.1, 0.15) is 17.5 Å². The molecule has 0 aromatic carbocycles. The van der Waals surface area contributed by atoms with Crippen LogP contribution in [0.4, 0.5) is 11.6 Å². The predicted molar refractivity (Wildman–Crippen MR) is 67.5 cm³/mol. The number of anilines is 2. The quantitative estimate of drug-likeness (QED) is 0.695. The van der Waals surface area contributed by atoms with Gasteiger partial charge >= 0.3 is 0 Å². The van der Waals surface area contributed by atoms with Gasteiger partial charge in [-0.3, -0.25) is 4.79 Å². The van der Waals surface area contributed by atoms with Crippen molar-refractivity contribution in [2.24, 2.45) is 5.73 Å². The Balaban J connectivity index is 2.89. The minimum Gasteiger partial charge on any atom is -0.383 e. The minimum atomic E-state index is -0.347. The molecule has 94 valence electrons. The monoisotopic (exact) mass is 237 g/mol. The summed E-state index contributed by atoms with van der Waals surface area (Å²) in [6.07, 6.45) is 0.966. The van der Waals surface area contributed by atoms with Crippen LogP contribution in [0.5, 0.6) is 0 Å². The van der Waals surface area contributed by atoms with Crippen molar-refractivity contribution < 1.29 is 4.79 Å². The Bertz CT molecular complexity index is 419. The largest absolute Gasteiger partial charge is 0.383 e. The van der Waals surface area contributed by atoms with Crippen LogP contribution in [0.2, 0.25) is 0 Å². The highest BCUT2D eigenvalue weighted by Crippen LogP contribution is 2.18. The number of hydrogen-bond acceptors (Lipinski definition) is 5. The summed E-state index contributed by atoms with van der Waals surface area (Å²) < 4.78 is 0. The maximum absolute atomic E-state index is 10.8. The van der Waals surface area contributed by atoms with Crippen molar-refractivity contribution in [2.45, 2.75) is 39.7 Å². The average molecular weight is 237 g/mol. The van der Waals surface area contributed by atoms with E-state index >= 15 is 0 Å².